The molecule has 0 bridgehead atoms. The van der Waals surface area contributed by atoms with Crippen LogP contribution in [-0.4, -0.2) is 62.3 Å². The summed E-state index contributed by atoms with van der Waals surface area (Å²) in [6, 6.07) is 9.07. The number of carbonyl (C=O) groups excluding carboxylic acids is 1. The molecule has 0 radical (unpaired) electrons. The molecule has 3 heterocycles. The summed E-state index contributed by atoms with van der Waals surface area (Å²) >= 11 is 1.58. The summed E-state index contributed by atoms with van der Waals surface area (Å²) in [6.45, 7) is 0.233. The van der Waals surface area contributed by atoms with Crippen molar-refractivity contribution in [3.8, 4) is 22.1 Å². The maximum Gasteiger partial charge on any atom is 0.275 e. The summed E-state index contributed by atoms with van der Waals surface area (Å²) in [7, 11) is 6.31. The second-order valence-electron chi connectivity index (χ2n) is 6.71. The van der Waals surface area contributed by atoms with E-state index in [1.807, 2.05) is 35.7 Å². The third-order valence-corrected chi connectivity index (χ3v) is 6.11. The van der Waals surface area contributed by atoms with Crippen molar-refractivity contribution in [2.75, 3.05) is 35.0 Å². The summed E-state index contributed by atoms with van der Waals surface area (Å²) < 4.78 is 21.8. The zero-order valence-corrected chi connectivity index (χ0v) is 18.0. The summed E-state index contributed by atoms with van der Waals surface area (Å²) in [5.41, 5.74) is 2.81. The number of carbonyl (C=O) groups is 1. The summed E-state index contributed by atoms with van der Waals surface area (Å²) in [4.78, 5) is 16.1. The summed E-state index contributed by atoms with van der Waals surface area (Å²) in [5.74, 6) is 1.12. The second-order valence-corrected chi connectivity index (χ2v) is 7.65. The Hall–Kier alpha value is -2.88. The number of hydrogen-bond donors (Lipinski definition) is 1. The Labute approximate surface area is 178 Å². The van der Waals surface area contributed by atoms with Crippen molar-refractivity contribution in [1.29, 1.82) is 0 Å². The smallest absolute Gasteiger partial charge is 0.275 e. The average molecular weight is 429 g/mol. The van der Waals surface area contributed by atoms with Gasteiger partial charge < -0.3 is 23.8 Å². The molecule has 0 saturated heterocycles. The van der Waals surface area contributed by atoms with Crippen LogP contribution in [0.15, 0.2) is 35.7 Å². The summed E-state index contributed by atoms with van der Waals surface area (Å²) in [6.07, 6.45) is -0.578. The number of fused-ring (bicyclic) bond motifs is 1. The number of H-pyrrole nitrogens is 1. The van der Waals surface area contributed by atoms with Crippen LogP contribution in [0.25, 0.3) is 10.6 Å². The summed E-state index contributed by atoms with van der Waals surface area (Å²) in [5, 5.41) is 9.40. The Bertz CT molecular complexity index is 1030. The lowest BCUT2D eigenvalue weighted by atomic mass is 9.97. The van der Waals surface area contributed by atoms with Gasteiger partial charge in [-0.15, -0.1) is 11.3 Å². The van der Waals surface area contributed by atoms with Gasteiger partial charge in [-0.2, -0.15) is 5.10 Å². The molecule has 1 aliphatic rings. The van der Waals surface area contributed by atoms with E-state index in [9.17, 15) is 4.79 Å². The van der Waals surface area contributed by atoms with Gasteiger partial charge >= 0.3 is 0 Å². The van der Waals surface area contributed by atoms with E-state index in [2.05, 4.69) is 10.2 Å². The number of aromatic amines is 1. The zero-order chi connectivity index (χ0) is 21.3. The van der Waals surface area contributed by atoms with E-state index in [0.717, 1.165) is 21.7 Å². The Morgan fingerprint density at radius 1 is 1.17 bits per heavy atom. The first kappa shape index (κ1) is 20.4. The van der Waals surface area contributed by atoms with Crippen LogP contribution in [0.5, 0.6) is 11.5 Å². The van der Waals surface area contributed by atoms with Crippen LogP contribution in [0.3, 0.4) is 0 Å². The van der Waals surface area contributed by atoms with E-state index < -0.39 is 12.3 Å². The topological polar surface area (TPSA) is 85.9 Å². The number of amides is 1. The third-order valence-electron chi connectivity index (χ3n) is 5.22. The number of aromatic nitrogens is 2. The van der Waals surface area contributed by atoms with Gasteiger partial charge in [-0.25, -0.2) is 0 Å². The highest BCUT2D eigenvalue weighted by Gasteiger charge is 2.44. The molecule has 0 aliphatic carbocycles. The first-order chi connectivity index (χ1) is 14.6. The van der Waals surface area contributed by atoms with Crippen LogP contribution in [0, 0.1) is 0 Å². The van der Waals surface area contributed by atoms with Gasteiger partial charge in [0.2, 0.25) is 0 Å². The van der Waals surface area contributed by atoms with E-state index in [4.69, 9.17) is 18.9 Å². The van der Waals surface area contributed by atoms with Crippen LogP contribution < -0.4 is 9.47 Å². The predicted molar refractivity (Wildman–Crippen MR) is 112 cm³/mol. The minimum Gasteiger partial charge on any atom is -0.497 e. The Balaban J connectivity index is 1.91. The van der Waals surface area contributed by atoms with Gasteiger partial charge in [0.25, 0.3) is 5.91 Å². The predicted octanol–water partition coefficient (Wildman–Crippen LogP) is 3.32. The fourth-order valence-corrected chi connectivity index (χ4v) is 4.50. The average Bonchev–Trinajstić information content (AvgIpc) is 3.50. The SMILES string of the molecule is COc1ccc(OC)c(C2c3c(n[nH]c3-c3cccs3)C(=O)N2CC(OC)OC)c1. The van der Waals surface area contributed by atoms with Crippen molar-refractivity contribution >= 4 is 17.2 Å². The molecular formula is C21H23N3O5S. The first-order valence-electron chi connectivity index (χ1n) is 9.33. The van der Waals surface area contributed by atoms with Crippen LogP contribution in [-0.2, 0) is 9.47 Å². The molecule has 8 nitrogen and oxygen atoms in total. The largest absolute Gasteiger partial charge is 0.497 e. The van der Waals surface area contributed by atoms with Crippen molar-refractivity contribution in [3.63, 3.8) is 0 Å². The number of nitrogens with zero attached hydrogens (tertiary/aromatic N) is 2. The Kier molecular flexibility index (Phi) is 5.76. The standard InChI is InChI=1S/C21H23N3O5S/c1-26-12-7-8-14(27-2)13(10-12)20-17-18(15-6-5-9-30-15)22-23-19(17)21(25)24(20)11-16(28-3)29-4/h5-10,16,20H,11H2,1-4H3,(H,22,23). The molecule has 1 N–H and O–H groups in total. The maximum atomic E-state index is 13.3. The molecule has 1 unspecified atom stereocenters. The van der Waals surface area contributed by atoms with Gasteiger partial charge in [0.1, 0.15) is 11.5 Å². The van der Waals surface area contributed by atoms with Gasteiger partial charge in [-0.3, -0.25) is 9.89 Å². The van der Waals surface area contributed by atoms with Gasteiger partial charge in [-0.05, 0) is 29.6 Å². The zero-order valence-electron chi connectivity index (χ0n) is 17.2. The van der Waals surface area contributed by atoms with Crippen LogP contribution in [0.1, 0.15) is 27.7 Å². The highest BCUT2D eigenvalue weighted by atomic mass is 32.1. The second kappa shape index (κ2) is 8.47. The quantitative estimate of drug-likeness (QED) is 0.553. The monoisotopic (exact) mass is 429 g/mol. The van der Waals surface area contributed by atoms with E-state index in [0.29, 0.717) is 17.2 Å². The van der Waals surface area contributed by atoms with Gasteiger partial charge in [0.05, 0.1) is 37.4 Å². The number of thiophene rings is 1. The minimum absolute atomic E-state index is 0.196. The Morgan fingerprint density at radius 2 is 1.97 bits per heavy atom. The van der Waals surface area contributed by atoms with Crippen molar-refractivity contribution < 1.29 is 23.7 Å². The minimum atomic E-state index is -0.578. The van der Waals surface area contributed by atoms with Crippen molar-refractivity contribution in [3.05, 3.63) is 52.5 Å². The molecule has 30 heavy (non-hydrogen) atoms. The molecule has 2 aromatic heterocycles. The molecular weight excluding hydrogens is 406 g/mol. The molecule has 4 rings (SSSR count). The van der Waals surface area contributed by atoms with Gasteiger partial charge in [-0.1, -0.05) is 6.07 Å². The fraction of sp³-hybridized carbons (Fsp3) is 0.333. The molecule has 1 amide bonds. The van der Waals surface area contributed by atoms with Gasteiger partial charge in [0, 0.05) is 25.3 Å². The van der Waals surface area contributed by atoms with E-state index >= 15 is 0 Å². The molecule has 1 atom stereocenters. The lowest BCUT2D eigenvalue weighted by Gasteiger charge is -2.30. The maximum absolute atomic E-state index is 13.3. The molecule has 0 saturated carbocycles. The number of hydrogen-bond acceptors (Lipinski definition) is 7. The molecule has 3 aromatic rings. The van der Waals surface area contributed by atoms with Crippen LogP contribution in [0.4, 0.5) is 0 Å². The molecule has 0 fully saturated rings. The van der Waals surface area contributed by atoms with Gasteiger partial charge in [0.15, 0.2) is 12.0 Å². The van der Waals surface area contributed by atoms with E-state index in [1.165, 1.54) is 0 Å². The van der Waals surface area contributed by atoms with Crippen molar-refractivity contribution in [2.45, 2.75) is 12.3 Å². The highest BCUT2D eigenvalue weighted by Crippen LogP contribution is 2.46. The fourth-order valence-electron chi connectivity index (χ4n) is 3.77. The molecule has 9 heteroatoms. The van der Waals surface area contributed by atoms with E-state index in [-0.39, 0.29) is 12.5 Å². The number of methoxy groups -OCH3 is 4. The number of benzene rings is 1. The normalized spacial score (nSPS) is 15.7. The number of nitrogens with one attached hydrogen (secondary N) is 1. The number of ether oxygens (including phenoxy) is 4. The van der Waals surface area contributed by atoms with Crippen molar-refractivity contribution in [2.24, 2.45) is 0 Å². The van der Waals surface area contributed by atoms with E-state index in [1.54, 1.807) is 44.7 Å². The first-order valence-corrected chi connectivity index (χ1v) is 10.2. The number of rotatable bonds is 8. The lowest BCUT2D eigenvalue weighted by Crippen LogP contribution is -2.38. The van der Waals surface area contributed by atoms with Crippen molar-refractivity contribution in [1.82, 2.24) is 15.1 Å². The molecule has 1 aliphatic heterocycles. The molecule has 1 aromatic carbocycles. The van der Waals surface area contributed by atoms with Crippen LogP contribution >= 0.6 is 11.3 Å². The highest BCUT2D eigenvalue weighted by molar-refractivity contribution is 7.13. The lowest BCUT2D eigenvalue weighted by molar-refractivity contribution is -0.113. The molecule has 0 spiro atoms. The third kappa shape index (κ3) is 3.34. The Morgan fingerprint density at radius 3 is 2.60 bits per heavy atom. The molecule has 158 valence electrons. The van der Waals surface area contributed by atoms with Crippen LogP contribution in [0.2, 0.25) is 0 Å².